The molecular formula is C14H18N2O2S. The third-order valence-electron chi connectivity index (χ3n) is 4.60. The summed E-state index contributed by atoms with van der Waals surface area (Å²) in [7, 11) is 0. The molecule has 0 saturated carbocycles. The summed E-state index contributed by atoms with van der Waals surface area (Å²) in [5.74, 6) is 0.220. The van der Waals surface area contributed by atoms with Crippen molar-refractivity contribution in [3.63, 3.8) is 0 Å². The van der Waals surface area contributed by atoms with Crippen molar-refractivity contribution >= 4 is 17.2 Å². The first-order valence-corrected chi connectivity index (χ1v) is 7.94. The van der Waals surface area contributed by atoms with E-state index in [2.05, 4.69) is 27.0 Å². The number of rotatable bonds is 2. The van der Waals surface area contributed by atoms with Crippen LogP contribution in [0.3, 0.4) is 0 Å². The van der Waals surface area contributed by atoms with E-state index < -0.39 is 0 Å². The maximum atomic E-state index is 12.5. The maximum absolute atomic E-state index is 12.5. The van der Waals surface area contributed by atoms with Crippen LogP contribution in [-0.2, 0) is 9.53 Å². The number of ether oxygens (including phenoxy) is 1. The van der Waals surface area contributed by atoms with Crippen molar-refractivity contribution in [3.8, 4) is 0 Å². The lowest BCUT2D eigenvalue weighted by Crippen LogP contribution is -2.45. The van der Waals surface area contributed by atoms with Crippen LogP contribution in [0, 0.1) is 0 Å². The van der Waals surface area contributed by atoms with Gasteiger partial charge in [0.1, 0.15) is 6.17 Å². The predicted octanol–water partition coefficient (Wildman–Crippen LogP) is 1.89. The van der Waals surface area contributed by atoms with Crippen LogP contribution in [0.5, 0.6) is 0 Å². The zero-order chi connectivity index (χ0) is 13.0. The summed E-state index contributed by atoms with van der Waals surface area (Å²) in [6, 6.07) is 2.27. The number of amides is 1. The van der Waals surface area contributed by atoms with Crippen molar-refractivity contribution in [3.05, 3.63) is 22.4 Å². The normalized spacial score (nSPS) is 41.4. The van der Waals surface area contributed by atoms with Gasteiger partial charge < -0.3 is 9.64 Å². The predicted molar refractivity (Wildman–Crippen MR) is 72.8 cm³/mol. The smallest absolute Gasteiger partial charge is 0.241 e. The molecular weight excluding hydrogens is 260 g/mol. The first kappa shape index (κ1) is 11.9. The minimum Gasteiger partial charge on any atom is -0.373 e. The van der Waals surface area contributed by atoms with Crippen LogP contribution in [0.4, 0.5) is 0 Å². The van der Waals surface area contributed by atoms with Gasteiger partial charge in [0.2, 0.25) is 5.91 Å². The topological polar surface area (TPSA) is 41.6 Å². The number of carbonyl (C=O) groups is 1. The molecule has 0 aliphatic carbocycles. The molecule has 1 amide bonds. The Bertz CT molecular complexity index is 490. The molecule has 3 aliphatic heterocycles. The van der Waals surface area contributed by atoms with Gasteiger partial charge in [-0.25, -0.2) is 0 Å². The lowest BCUT2D eigenvalue weighted by molar-refractivity contribution is -0.133. The van der Waals surface area contributed by atoms with Gasteiger partial charge in [0, 0.05) is 0 Å². The second-order valence-electron chi connectivity index (χ2n) is 5.77. The Labute approximate surface area is 116 Å². The third-order valence-corrected chi connectivity index (χ3v) is 5.30. The van der Waals surface area contributed by atoms with E-state index in [4.69, 9.17) is 4.74 Å². The number of hydrogen-bond donors (Lipinski definition) is 1. The molecule has 5 heteroatoms. The molecule has 3 fully saturated rings. The van der Waals surface area contributed by atoms with Gasteiger partial charge in [0.15, 0.2) is 0 Å². The van der Waals surface area contributed by atoms with Crippen LogP contribution in [-0.4, -0.2) is 35.1 Å². The average molecular weight is 278 g/mol. The van der Waals surface area contributed by atoms with Gasteiger partial charge in [-0.1, -0.05) is 0 Å². The van der Waals surface area contributed by atoms with Crippen molar-refractivity contribution < 1.29 is 9.53 Å². The first-order valence-electron chi connectivity index (χ1n) is 7.00. The number of fused-ring (bicyclic) bond motifs is 2. The second-order valence-corrected chi connectivity index (χ2v) is 6.55. The van der Waals surface area contributed by atoms with Gasteiger partial charge in [-0.05, 0) is 48.6 Å². The minimum absolute atomic E-state index is 0.0294. The van der Waals surface area contributed by atoms with E-state index in [9.17, 15) is 4.79 Å². The zero-order valence-electron chi connectivity index (χ0n) is 10.9. The Balaban J connectivity index is 1.65. The number of nitrogens with zero attached hydrogens (tertiary/aromatic N) is 1. The number of nitrogens with one attached hydrogen (secondary N) is 1. The van der Waals surface area contributed by atoms with Gasteiger partial charge in [-0.2, -0.15) is 11.3 Å². The van der Waals surface area contributed by atoms with Gasteiger partial charge in [-0.15, -0.1) is 0 Å². The fraction of sp³-hybridized carbons (Fsp3) is 0.643. The van der Waals surface area contributed by atoms with Gasteiger partial charge >= 0.3 is 0 Å². The van der Waals surface area contributed by atoms with Crippen molar-refractivity contribution in [2.24, 2.45) is 0 Å². The molecule has 1 aromatic heterocycles. The molecule has 1 aromatic rings. The molecule has 5 unspecified atom stereocenters. The molecule has 3 saturated heterocycles. The summed E-state index contributed by atoms with van der Waals surface area (Å²) < 4.78 is 5.93. The first-order chi connectivity index (χ1) is 9.24. The van der Waals surface area contributed by atoms with Crippen LogP contribution in [0.25, 0.3) is 0 Å². The lowest BCUT2D eigenvalue weighted by atomic mass is 9.93. The van der Waals surface area contributed by atoms with Crippen LogP contribution < -0.4 is 5.32 Å². The van der Waals surface area contributed by atoms with Crippen molar-refractivity contribution in [2.75, 3.05) is 0 Å². The second kappa shape index (κ2) is 4.30. The highest BCUT2D eigenvalue weighted by atomic mass is 32.1. The molecule has 0 aromatic carbocycles. The molecule has 1 N–H and O–H groups in total. The standard InChI is InChI=1S/C14H18N2O2S/c1-8-14(17)16(11-6-10-2-3-12(11)18-10)13(15-8)9-4-5-19-7-9/h4-5,7-8,10-13,15H,2-3,6H2,1H3. The zero-order valence-corrected chi connectivity index (χ0v) is 11.7. The number of hydrogen-bond acceptors (Lipinski definition) is 4. The quantitative estimate of drug-likeness (QED) is 0.898. The fourth-order valence-corrected chi connectivity index (χ4v) is 4.36. The maximum Gasteiger partial charge on any atom is 0.241 e. The molecule has 5 atom stereocenters. The Hall–Kier alpha value is -0.910. The SMILES string of the molecule is CC1NC(c2ccsc2)N(C2CC3CCC2O3)C1=O. The monoisotopic (exact) mass is 278 g/mol. The van der Waals surface area contributed by atoms with Crippen LogP contribution in [0.1, 0.15) is 37.9 Å². The van der Waals surface area contributed by atoms with E-state index in [-0.39, 0.29) is 30.3 Å². The van der Waals surface area contributed by atoms with Crippen LogP contribution in [0.2, 0.25) is 0 Å². The molecule has 0 radical (unpaired) electrons. The lowest BCUT2D eigenvalue weighted by Gasteiger charge is -2.33. The van der Waals surface area contributed by atoms with Gasteiger partial charge in [-0.3, -0.25) is 10.1 Å². The summed E-state index contributed by atoms with van der Waals surface area (Å²) >= 11 is 1.68. The molecule has 19 heavy (non-hydrogen) atoms. The summed E-state index contributed by atoms with van der Waals surface area (Å²) in [5.41, 5.74) is 1.20. The highest BCUT2D eigenvalue weighted by Crippen LogP contribution is 2.41. The van der Waals surface area contributed by atoms with Gasteiger partial charge in [0.25, 0.3) is 0 Å². The number of thiophene rings is 1. The largest absolute Gasteiger partial charge is 0.373 e. The van der Waals surface area contributed by atoms with E-state index in [0.29, 0.717) is 6.10 Å². The Morgan fingerprint density at radius 2 is 2.37 bits per heavy atom. The van der Waals surface area contributed by atoms with Crippen molar-refractivity contribution in [1.82, 2.24) is 10.2 Å². The Kier molecular flexibility index (Phi) is 2.69. The van der Waals surface area contributed by atoms with Gasteiger partial charge in [0.05, 0.1) is 24.3 Å². The molecule has 4 nitrogen and oxygen atoms in total. The number of carbonyl (C=O) groups excluding carboxylic acids is 1. The molecule has 0 spiro atoms. The summed E-state index contributed by atoms with van der Waals surface area (Å²) in [5, 5.41) is 7.62. The molecule has 2 bridgehead atoms. The Morgan fingerprint density at radius 3 is 3.00 bits per heavy atom. The molecule has 4 heterocycles. The third kappa shape index (κ3) is 1.75. The average Bonchev–Trinajstić information content (AvgIpc) is 3.14. The molecule has 4 rings (SSSR count). The van der Waals surface area contributed by atoms with E-state index in [1.54, 1.807) is 11.3 Å². The van der Waals surface area contributed by atoms with E-state index in [1.807, 2.05) is 6.92 Å². The summed E-state index contributed by atoms with van der Waals surface area (Å²) in [4.78, 5) is 14.5. The van der Waals surface area contributed by atoms with Crippen molar-refractivity contribution in [2.45, 2.75) is 56.6 Å². The van der Waals surface area contributed by atoms with Crippen LogP contribution in [0.15, 0.2) is 16.8 Å². The fourth-order valence-electron chi connectivity index (χ4n) is 3.69. The highest BCUT2D eigenvalue weighted by Gasteiger charge is 2.50. The summed E-state index contributed by atoms with van der Waals surface area (Å²) in [6.07, 6.45) is 3.93. The Morgan fingerprint density at radius 1 is 1.47 bits per heavy atom. The summed E-state index contributed by atoms with van der Waals surface area (Å²) in [6.45, 7) is 1.95. The van der Waals surface area contributed by atoms with E-state index in [0.717, 1.165) is 19.3 Å². The van der Waals surface area contributed by atoms with Crippen LogP contribution >= 0.6 is 11.3 Å². The van der Waals surface area contributed by atoms with Crippen molar-refractivity contribution in [1.29, 1.82) is 0 Å². The molecule has 3 aliphatic rings. The minimum atomic E-state index is -0.0935. The van der Waals surface area contributed by atoms with E-state index in [1.165, 1.54) is 5.56 Å². The molecule has 102 valence electrons. The highest BCUT2D eigenvalue weighted by molar-refractivity contribution is 7.07. The van der Waals surface area contributed by atoms with E-state index >= 15 is 0 Å².